The lowest BCUT2D eigenvalue weighted by atomic mass is 10.0. The molecule has 1 fully saturated rings. The van der Waals surface area contributed by atoms with E-state index < -0.39 is 0 Å². The third-order valence-corrected chi connectivity index (χ3v) is 6.66. The van der Waals surface area contributed by atoms with Crippen LogP contribution in [-0.4, -0.2) is 44.2 Å². The molecule has 1 aliphatic heterocycles. The quantitative estimate of drug-likeness (QED) is 0.325. The Morgan fingerprint density at radius 1 is 0.758 bits per heavy atom. The molecule has 33 heavy (non-hydrogen) atoms. The van der Waals surface area contributed by atoms with Crippen molar-refractivity contribution < 1.29 is 4.74 Å². The lowest BCUT2D eigenvalue weighted by molar-refractivity contribution is 0.0388. The normalized spacial score (nSPS) is 15.5. The molecule has 1 unspecified atom stereocenters. The third kappa shape index (κ3) is 7.45. The second kappa shape index (κ2) is 12.6. The van der Waals surface area contributed by atoms with Crippen molar-refractivity contribution >= 4 is 5.69 Å². The van der Waals surface area contributed by atoms with Crippen molar-refractivity contribution in [3.05, 3.63) is 102 Å². The predicted molar refractivity (Wildman–Crippen MR) is 139 cm³/mol. The number of benzene rings is 3. The Hall–Kier alpha value is -2.62. The summed E-state index contributed by atoms with van der Waals surface area (Å²) < 4.78 is 6.42. The lowest BCUT2D eigenvalue weighted by Crippen LogP contribution is -2.46. The fraction of sp³-hybridized carbons (Fsp3) is 0.400. The number of ether oxygens (including phenoxy) is 1. The molecule has 0 aliphatic carbocycles. The number of anilines is 1. The SMILES string of the molecule is Cc1ccc(N2CCN(CCCOC(CCCc3ccccc3)c3ccccc3)CC2)cc1. The molecule has 0 radical (unpaired) electrons. The maximum Gasteiger partial charge on any atom is 0.0825 e. The van der Waals surface area contributed by atoms with E-state index in [-0.39, 0.29) is 6.10 Å². The van der Waals surface area contributed by atoms with Crippen LogP contribution in [0.15, 0.2) is 84.9 Å². The van der Waals surface area contributed by atoms with Crippen molar-refractivity contribution in [1.82, 2.24) is 4.90 Å². The van der Waals surface area contributed by atoms with Gasteiger partial charge in [-0.15, -0.1) is 0 Å². The van der Waals surface area contributed by atoms with Gasteiger partial charge in [-0.3, -0.25) is 4.90 Å². The molecule has 1 aliphatic rings. The summed E-state index contributed by atoms with van der Waals surface area (Å²) in [5.41, 5.74) is 5.39. The smallest absolute Gasteiger partial charge is 0.0825 e. The number of nitrogens with zero attached hydrogens (tertiary/aromatic N) is 2. The lowest BCUT2D eigenvalue weighted by Gasteiger charge is -2.36. The van der Waals surface area contributed by atoms with Crippen molar-refractivity contribution in [3.63, 3.8) is 0 Å². The number of piperazine rings is 1. The molecule has 0 N–H and O–H groups in total. The van der Waals surface area contributed by atoms with Gasteiger partial charge in [-0.2, -0.15) is 0 Å². The minimum Gasteiger partial charge on any atom is -0.373 e. The first-order valence-corrected chi connectivity index (χ1v) is 12.5. The van der Waals surface area contributed by atoms with Crippen LogP contribution in [0.3, 0.4) is 0 Å². The van der Waals surface area contributed by atoms with E-state index in [0.29, 0.717) is 0 Å². The molecule has 1 saturated heterocycles. The van der Waals surface area contributed by atoms with Gasteiger partial charge in [0.25, 0.3) is 0 Å². The Morgan fingerprint density at radius 3 is 2.12 bits per heavy atom. The maximum absolute atomic E-state index is 6.42. The van der Waals surface area contributed by atoms with Gasteiger partial charge < -0.3 is 9.64 Å². The summed E-state index contributed by atoms with van der Waals surface area (Å²) in [6.07, 6.45) is 4.60. The Bertz CT molecular complexity index is 919. The fourth-order valence-electron chi connectivity index (χ4n) is 4.65. The molecule has 3 nitrogen and oxygen atoms in total. The molecule has 3 aromatic rings. The Kier molecular flexibility index (Phi) is 8.97. The molecule has 0 bridgehead atoms. The summed E-state index contributed by atoms with van der Waals surface area (Å²) >= 11 is 0. The van der Waals surface area contributed by atoms with Gasteiger partial charge >= 0.3 is 0 Å². The van der Waals surface area contributed by atoms with Gasteiger partial charge in [-0.05, 0) is 55.9 Å². The topological polar surface area (TPSA) is 15.7 Å². The minimum atomic E-state index is 0.188. The summed E-state index contributed by atoms with van der Waals surface area (Å²) in [6.45, 7) is 8.57. The number of rotatable bonds is 11. The molecule has 174 valence electrons. The summed E-state index contributed by atoms with van der Waals surface area (Å²) in [5.74, 6) is 0. The first-order valence-electron chi connectivity index (χ1n) is 12.5. The largest absolute Gasteiger partial charge is 0.373 e. The summed E-state index contributed by atoms with van der Waals surface area (Å²) in [7, 11) is 0. The maximum atomic E-state index is 6.42. The Balaban J connectivity index is 1.18. The first kappa shape index (κ1) is 23.5. The highest BCUT2D eigenvalue weighted by Crippen LogP contribution is 2.24. The zero-order valence-corrected chi connectivity index (χ0v) is 20.0. The second-order valence-corrected chi connectivity index (χ2v) is 9.17. The average molecular weight is 443 g/mol. The Labute approximate surface area is 200 Å². The highest BCUT2D eigenvalue weighted by atomic mass is 16.5. The molecule has 4 rings (SSSR count). The molecule has 1 atom stereocenters. The molecule has 0 aromatic heterocycles. The van der Waals surface area contributed by atoms with E-state index in [1.807, 2.05) is 0 Å². The van der Waals surface area contributed by atoms with E-state index in [1.54, 1.807) is 0 Å². The number of hydrogen-bond donors (Lipinski definition) is 0. The molecule has 0 spiro atoms. The third-order valence-electron chi connectivity index (χ3n) is 6.66. The van der Waals surface area contributed by atoms with Crippen LogP contribution < -0.4 is 4.90 Å². The van der Waals surface area contributed by atoms with E-state index in [4.69, 9.17) is 4.74 Å². The monoisotopic (exact) mass is 442 g/mol. The van der Waals surface area contributed by atoms with Crippen molar-refractivity contribution in [3.8, 4) is 0 Å². The summed E-state index contributed by atoms with van der Waals surface area (Å²) in [4.78, 5) is 5.09. The standard InChI is InChI=1S/C30H38N2O/c1-26-16-18-29(19-17-26)32-23-21-31(22-24-32)20-9-25-33-30(28-13-6-3-7-14-28)15-8-12-27-10-4-2-5-11-27/h2-7,10-11,13-14,16-19,30H,8-9,12,15,20-25H2,1H3. The van der Waals surface area contributed by atoms with Crippen LogP contribution in [0.1, 0.15) is 42.1 Å². The Morgan fingerprint density at radius 2 is 1.42 bits per heavy atom. The van der Waals surface area contributed by atoms with E-state index >= 15 is 0 Å². The minimum absolute atomic E-state index is 0.188. The predicted octanol–water partition coefficient (Wildman–Crippen LogP) is 6.29. The van der Waals surface area contributed by atoms with E-state index in [2.05, 4.69) is 102 Å². The van der Waals surface area contributed by atoms with Gasteiger partial charge in [-0.1, -0.05) is 78.4 Å². The van der Waals surface area contributed by atoms with Crippen LogP contribution in [0.4, 0.5) is 5.69 Å². The highest BCUT2D eigenvalue weighted by molar-refractivity contribution is 5.47. The molecule has 3 aromatic carbocycles. The average Bonchev–Trinajstić information content (AvgIpc) is 2.87. The summed E-state index contributed by atoms with van der Waals surface area (Å²) in [5, 5.41) is 0. The van der Waals surface area contributed by atoms with Crippen LogP contribution in [0, 0.1) is 6.92 Å². The van der Waals surface area contributed by atoms with Crippen LogP contribution in [0.5, 0.6) is 0 Å². The van der Waals surface area contributed by atoms with Gasteiger partial charge in [0, 0.05) is 45.0 Å². The van der Waals surface area contributed by atoms with Gasteiger partial charge in [0.15, 0.2) is 0 Å². The van der Waals surface area contributed by atoms with Crippen LogP contribution in [-0.2, 0) is 11.2 Å². The van der Waals surface area contributed by atoms with Gasteiger partial charge in [0.2, 0.25) is 0 Å². The summed E-state index contributed by atoms with van der Waals surface area (Å²) in [6, 6.07) is 30.4. The van der Waals surface area contributed by atoms with Gasteiger partial charge in [-0.25, -0.2) is 0 Å². The van der Waals surface area contributed by atoms with Crippen molar-refractivity contribution in [2.75, 3.05) is 44.2 Å². The van der Waals surface area contributed by atoms with Crippen molar-refractivity contribution in [2.45, 2.75) is 38.7 Å². The molecular formula is C30H38N2O. The van der Waals surface area contributed by atoms with Crippen LogP contribution in [0.2, 0.25) is 0 Å². The zero-order valence-electron chi connectivity index (χ0n) is 20.0. The molecule has 0 saturated carbocycles. The van der Waals surface area contributed by atoms with Gasteiger partial charge in [0.05, 0.1) is 6.10 Å². The number of aryl methyl sites for hydroxylation is 2. The molecular weight excluding hydrogens is 404 g/mol. The van der Waals surface area contributed by atoms with E-state index in [9.17, 15) is 0 Å². The van der Waals surface area contributed by atoms with Gasteiger partial charge in [0.1, 0.15) is 0 Å². The van der Waals surface area contributed by atoms with Crippen LogP contribution >= 0.6 is 0 Å². The second-order valence-electron chi connectivity index (χ2n) is 9.17. The molecule has 1 heterocycles. The highest BCUT2D eigenvalue weighted by Gasteiger charge is 2.17. The van der Waals surface area contributed by atoms with Crippen molar-refractivity contribution in [1.29, 1.82) is 0 Å². The zero-order chi connectivity index (χ0) is 22.7. The van der Waals surface area contributed by atoms with E-state index in [1.165, 1.54) is 22.4 Å². The molecule has 0 amide bonds. The van der Waals surface area contributed by atoms with E-state index in [0.717, 1.165) is 65.0 Å². The van der Waals surface area contributed by atoms with Crippen LogP contribution in [0.25, 0.3) is 0 Å². The first-order chi connectivity index (χ1) is 16.3. The molecule has 3 heteroatoms. The fourth-order valence-corrected chi connectivity index (χ4v) is 4.65. The number of hydrogen-bond acceptors (Lipinski definition) is 3. The van der Waals surface area contributed by atoms with Crippen molar-refractivity contribution in [2.24, 2.45) is 0 Å².